The number of nitrogens with one attached hydrogen (secondary N) is 1. The van der Waals surface area contributed by atoms with Crippen molar-refractivity contribution in [2.45, 2.75) is 44.0 Å². The van der Waals surface area contributed by atoms with Gasteiger partial charge in [-0.15, -0.1) is 0 Å². The Labute approximate surface area is 207 Å². The average molecular weight is 495 g/mol. The summed E-state index contributed by atoms with van der Waals surface area (Å²) in [5.41, 5.74) is 3.72. The third kappa shape index (κ3) is 5.80. The van der Waals surface area contributed by atoms with E-state index in [1.807, 2.05) is 31.2 Å². The van der Waals surface area contributed by atoms with Crippen molar-refractivity contribution in [3.05, 3.63) is 101 Å². The van der Waals surface area contributed by atoms with E-state index in [1.165, 1.54) is 22.0 Å². The molecule has 7 heteroatoms. The molecular formula is C28H31FN2O3S. The molecule has 0 aromatic heterocycles. The largest absolute Gasteiger partial charge is 0.345 e. The van der Waals surface area contributed by atoms with Crippen LogP contribution in [0.4, 0.5) is 4.39 Å². The van der Waals surface area contributed by atoms with Gasteiger partial charge in [0.05, 0.1) is 10.9 Å². The minimum absolute atomic E-state index is 0.147. The van der Waals surface area contributed by atoms with Crippen molar-refractivity contribution in [3.63, 3.8) is 0 Å². The van der Waals surface area contributed by atoms with Crippen molar-refractivity contribution in [2.24, 2.45) is 5.92 Å². The molecule has 184 valence electrons. The van der Waals surface area contributed by atoms with Gasteiger partial charge >= 0.3 is 0 Å². The molecule has 3 aromatic carbocycles. The monoisotopic (exact) mass is 494 g/mol. The number of amides is 1. The Kier molecular flexibility index (Phi) is 7.67. The molecule has 1 saturated heterocycles. The summed E-state index contributed by atoms with van der Waals surface area (Å²) in [6.07, 6.45) is 1.77. The number of benzene rings is 3. The highest BCUT2D eigenvalue weighted by molar-refractivity contribution is 7.89. The van der Waals surface area contributed by atoms with E-state index in [-0.39, 0.29) is 35.6 Å². The van der Waals surface area contributed by atoms with Gasteiger partial charge in [0.15, 0.2) is 0 Å². The van der Waals surface area contributed by atoms with Crippen LogP contribution in [0.15, 0.2) is 77.7 Å². The third-order valence-corrected chi connectivity index (χ3v) is 8.59. The van der Waals surface area contributed by atoms with Crippen molar-refractivity contribution in [3.8, 4) is 0 Å². The first-order valence-corrected chi connectivity index (χ1v) is 13.4. The summed E-state index contributed by atoms with van der Waals surface area (Å²) in [5, 5.41) is 3.10. The first-order chi connectivity index (χ1) is 16.8. The van der Waals surface area contributed by atoms with Gasteiger partial charge in [0.25, 0.3) is 0 Å². The van der Waals surface area contributed by atoms with Crippen molar-refractivity contribution in [2.75, 3.05) is 13.1 Å². The highest BCUT2D eigenvalue weighted by Gasteiger charge is 2.33. The number of rotatable bonds is 7. The van der Waals surface area contributed by atoms with Crippen molar-refractivity contribution in [1.29, 1.82) is 0 Å². The normalized spacial score (nSPS) is 16.1. The second kappa shape index (κ2) is 10.7. The van der Waals surface area contributed by atoms with Gasteiger partial charge in [0.2, 0.25) is 15.9 Å². The highest BCUT2D eigenvalue weighted by Crippen LogP contribution is 2.27. The Morgan fingerprint density at radius 3 is 2.26 bits per heavy atom. The molecule has 35 heavy (non-hydrogen) atoms. The molecule has 1 fully saturated rings. The van der Waals surface area contributed by atoms with E-state index in [0.717, 1.165) is 17.5 Å². The fourth-order valence-corrected chi connectivity index (χ4v) is 5.94. The smallest absolute Gasteiger partial charge is 0.243 e. The van der Waals surface area contributed by atoms with Crippen molar-refractivity contribution >= 4 is 15.9 Å². The van der Waals surface area contributed by atoms with E-state index in [0.29, 0.717) is 18.4 Å². The van der Waals surface area contributed by atoms with E-state index >= 15 is 0 Å². The van der Waals surface area contributed by atoms with Crippen LogP contribution in [0.25, 0.3) is 0 Å². The topological polar surface area (TPSA) is 66.5 Å². The molecule has 4 rings (SSSR count). The fraction of sp³-hybridized carbons (Fsp3) is 0.321. The van der Waals surface area contributed by atoms with Gasteiger partial charge in [-0.05, 0) is 67.1 Å². The van der Waals surface area contributed by atoms with Crippen LogP contribution < -0.4 is 5.32 Å². The summed E-state index contributed by atoms with van der Waals surface area (Å²) >= 11 is 0. The lowest BCUT2D eigenvalue weighted by molar-refractivity contribution is -0.126. The Morgan fingerprint density at radius 1 is 1.00 bits per heavy atom. The number of hydrogen-bond donors (Lipinski definition) is 1. The van der Waals surface area contributed by atoms with Crippen LogP contribution >= 0.6 is 0 Å². The van der Waals surface area contributed by atoms with Crippen LogP contribution in [-0.2, 0) is 21.2 Å². The van der Waals surface area contributed by atoms with Crippen LogP contribution in [0.2, 0.25) is 0 Å². The fourth-order valence-electron chi connectivity index (χ4n) is 4.47. The standard InChI is InChI=1S/C28H31FN2O3S/c1-3-21-9-11-22(12-10-21)27(24-5-4-6-25(29)19-24)30-28(32)23-15-17-31(18-16-23)35(33,34)26-13-7-20(2)8-14-26/h4-14,19,23,27H,3,15-18H2,1-2H3,(H,30,32). The molecule has 1 unspecified atom stereocenters. The second-order valence-electron chi connectivity index (χ2n) is 9.08. The minimum atomic E-state index is -3.59. The van der Waals surface area contributed by atoms with Crippen molar-refractivity contribution < 1.29 is 17.6 Å². The Hall–Kier alpha value is -3.03. The van der Waals surface area contributed by atoms with Gasteiger partial charge < -0.3 is 5.32 Å². The quantitative estimate of drug-likeness (QED) is 0.503. The lowest BCUT2D eigenvalue weighted by Gasteiger charge is -2.31. The number of piperidine rings is 1. The summed E-state index contributed by atoms with van der Waals surface area (Å²) in [6, 6.07) is 20.5. The third-order valence-electron chi connectivity index (χ3n) is 6.67. The zero-order valence-electron chi connectivity index (χ0n) is 20.1. The first kappa shape index (κ1) is 25.1. The molecule has 1 aliphatic heterocycles. The van der Waals surface area contributed by atoms with Crippen LogP contribution in [-0.4, -0.2) is 31.7 Å². The van der Waals surface area contributed by atoms with Crippen LogP contribution in [0.1, 0.15) is 48.1 Å². The number of carbonyl (C=O) groups is 1. The maximum absolute atomic E-state index is 14.0. The molecular weight excluding hydrogens is 463 g/mol. The van der Waals surface area contributed by atoms with Crippen LogP contribution in [0.5, 0.6) is 0 Å². The molecule has 1 amide bonds. The molecule has 3 aromatic rings. The first-order valence-electron chi connectivity index (χ1n) is 12.0. The SMILES string of the molecule is CCc1ccc(C(NC(=O)C2CCN(S(=O)(=O)c3ccc(C)cc3)CC2)c2cccc(F)c2)cc1. The van der Waals surface area contributed by atoms with Gasteiger partial charge in [-0.3, -0.25) is 4.79 Å². The van der Waals surface area contributed by atoms with E-state index in [2.05, 4.69) is 12.2 Å². The molecule has 0 radical (unpaired) electrons. The molecule has 1 heterocycles. The van der Waals surface area contributed by atoms with E-state index < -0.39 is 16.1 Å². The zero-order valence-corrected chi connectivity index (χ0v) is 20.9. The number of hydrogen-bond acceptors (Lipinski definition) is 3. The van der Waals surface area contributed by atoms with Gasteiger partial charge in [-0.25, -0.2) is 12.8 Å². The van der Waals surface area contributed by atoms with Gasteiger partial charge in [0.1, 0.15) is 5.82 Å². The number of aryl methyl sites for hydroxylation is 2. The second-order valence-corrected chi connectivity index (χ2v) is 11.0. The zero-order chi connectivity index (χ0) is 25.0. The Bertz CT molecular complexity index is 1270. The minimum Gasteiger partial charge on any atom is -0.345 e. The van der Waals surface area contributed by atoms with E-state index in [9.17, 15) is 17.6 Å². The summed E-state index contributed by atoms with van der Waals surface area (Å²) < 4.78 is 41.4. The van der Waals surface area contributed by atoms with Gasteiger partial charge in [-0.1, -0.05) is 61.0 Å². The van der Waals surface area contributed by atoms with Crippen molar-refractivity contribution in [1.82, 2.24) is 9.62 Å². The number of halogens is 1. The maximum Gasteiger partial charge on any atom is 0.243 e. The predicted octanol–water partition coefficient (Wildman–Crippen LogP) is 5.00. The molecule has 0 spiro atoms. The molecule has 1 atom stereocenters. The van der Waals surface area contributed by atoms with E-state index in [1.54, 1.807) is 36.4 Å². The number of carbonyl (C=O) groups excluding carboxylic acids is 1. The Morgan fingerprint density at radius 2 is 1.66 bits per heavy atom. The lowest BCUT2D eigenvalue weighted by Crippen LogP contribution is -2.43. The molecule has 1 N–H and O–H groups in total. The number of nitrogens with zero attached hydrogens (tertiary/aromatic N) is 1. The molecule has 0 saturated carbocycles. The molecule has 5 nitrogen and oxygen atoms in total. The van der Waals surface area contributed by atoms with Gasteiger partial charge in [0, 0.05) is 19.0 Å². The summed E-state index contributed by atoms with van der Waals surface area (Å²) in [5.74, 6) is -0.821. The molecule has 0 aliphatic carbocycles. The summed E-state index contributed by atoms with van der Waals surface area (Å²) in [7, 11) is -3.59. The van der Waals surface area contributed by atoms with Crippen LogP contribution in [0, 0.1) is 18.7 Å². The van der Waals surface area contributed by atoms with Crippen LogP contribution in [0.3, 0.4) is 0 Å². The maximum atomic E-state index is 14.0. The Balaban J connectivity index is 1.47. The summed E-state index contributed by atoms with van der Waals surface area (Å²) in [4.78, 5) is 13.5. The lowest BCUT2D eigenvalue weighted by atomic mass is 9.93. The number of sulfonamides is 1. The molecule has 1 aliphatic rings. The molecule has 0 bridgehead atoms. The highest BCUT2D eigenvalue weighted by atomic mass is 32.2. The van der Waals surface area contributed by atoms with Gasteiger partial charge in [-0.2, -0.15) is 4.31 Å². The predicted molar refractivity (Wildman–Crippen MR) is 135 cm³/mol. The van der Waals surface area contributed by atoms with E-state index in [4.69, 9.17) is 0 Å². The average Bonchev–Trinajstić information content (AvgIpc) is 2.87. The summed E-state index contributed by atoms with van der Waals surface area (Å²) in [6.45, 7) is 4.55.